The maximum absolute atomic E-state index is 12.4. The number of likely N-dealkylation sites (tertiary alicyclic amines) is 1. The van der Waals surface area contributed by atoms with E-state index in [1.165, 1.54) is 12.7 Å². The number of urea groups is 1. The third-order valence-electron chi connectivity index (χ3n) is 5.89. The average Bonchev–Trinajstić information content (AvgIpc) is 2.65. The molecule has 1 saturated carbocycles. The zero-order valence-electron chi connectivity index (χ0n) is 15.7. The Morgan fingerprint density at radius 1 is 1.19 bits per heavy atom. The second-order valence-electron chi connectivity index (χ2n) is 7.59. The molecular formula is C20H29N3O3. The normalized spacial score (nSPS) is 21.2. The summed E-state index contributed by atoms with van der Waals surface area (Å²) in [5.74, 6) is -0.0464. The molecule has 2 N–H and O–H groups in total. The molecule has 1 aliphatic heterocycles. The van der Waals surface area contributed by atoms with E-state index in [0.29, 0.717) is 6.54 Å². The summed E-state index contributed by atoms with van der Waals surface area (Å²) in [7, 11) is 1.53. The van der Waals surface area contributed by atoms with Gasteiger partial charge in [0.25, 0.3) is 0 Å². The number of ether oxygens (including phenoxy) is 1. The number of hydrogen-bond donors (Lipinski definition) is 2. The Labute approximate surface area is 155 Å². The molecule has 6 heteroatoms. The number of rotatable bonds is 5. The Balaban J connectivity index is 1.45. The van der Waals surface area contributed by atoms with Gasteiger partial charge in [-0.2, -0.15) is 0 Å². The first-order valence-corrected chi connectivity index (χ1v) is 9.39. The fourth-order valence-electron chi connectivity index (χ4n) is 4.04. The molecule has 2 aliphatic rings. The quantitative estimate of drug-likeness (QED) is 0.847. The molecule has 1 spiro atoms. The van der Waals surface area contributed by atoms with Crippen LogP contribution in [0.4, 0.5) is 4.79 Å². The van der Waals surface area contributed by atoms with E-state index in [4.69, 9.17) is 4.74 Å². The average molecular weight is 359 g/mol. The summed E-state index contributed by atoms with van der Waals surface area (Å²) in [6, 6.07) is 8.43. The molecule has 26 heavy (non-hydrogen) atoms. The van der Waals surface area contributed by atoms with Gasteiger partial charge >= 0.3 is 6.03 Å². The van der Waals surface area contributed by atoms with Gasteiger partial charge in [-0.3, -0.25) is 4.79 Å². The van der Waals surface area contributed by atoms with E-state index in [0.717, 1.165) is 44.3 Å². The summed E-state index contributed by atoms with van der Waals surface area (Å²) >= 11 is 0. The molecule has 1 aromatic rings. The summed E-state index contributed by atoms with van der Waals surface area (Å²) in [5, 5.41) is 6.10. The van der Waals surface area contributed by atoms with Gasteiger partial charge in [-0.05, 0) is 43.6 Å². The Morgan fingerprint density at radius 2 is 1.88 bits per heavy atom. The van der Waals surface area contributed by atoms with Gasteiger partial charge in [-0.1, -0.05) is 29.8 Å². The maximum atomic E-state index is 12.4. The zero-order chi connectivity index (χ0) is 18.6. The predicted octanol–water partition coefficient (Wildman–Crippen LogP) is 2.21. The Morgan fingerprint density at radius 3 is 2.46 bits per heavy atom. The van der Waals surface area contributed by atoms with Gasteiger partial charge in [0.2, 0.25) is 5.91 Å². The molecule has 3 rings (SSSR count). The molecule has 0 aromatic heterocycles. The molecule has 1 heterocycles. The highest BCUT2D eigenvalue weighted by molar-refractivity contribution is 5.77. The van der Waals surface area contributed by atoms with Crippen LogP contribution in [-0.4, -0.2) is 49.7 Å². The van der Waals surface area contributed by atoms with Crippen molar-refractivity contribution in [3.8, 4) is 0 Å². The summed E-state index contributed by atoms with van der Waals surface area (Å²) in [4.78, 5) is 26.1. The Bertz CT molecular complexity index is 636. The summed E-state index contributed by atoms with van der Waals surface area (Å²) in [5.41, 5.74) is 2.49. The van der Waals surface area contributed by atoms with Gasteiger partial charge in [0.05, 0.1) is 0 Å². The van der Waals surface area contributed by atoms with Gasteiger partial charge < -0.3 is 20.3 Å². The van der Waals surface area contributed by atoms with Crippen LogP contribution >= 0.6 is 0 Å². The number of methoxy groups -OCH3 is 1. The molecule has 1 aliphatic carbocycles. The molecule has 1 atom stereocenters. The van der Waals surface area contributed by atoms with E-state index in [2.05, 4.69) is 29.7 Å². The van der Waals surface area contributed by atoms with Gasteiger partial charge in [-0.15, -0.1) is 0 Å². The second-order valence-corrected chi connectivity index (χ2v) is 7.59. The lowest BCUT2D eigenvalue weighted by Gasteiger charge is -2.54. The van der Waals surface area contributed by atoms with Crippen molar-refractivity contribution in [2.24, 2.45) is 5.41 Å². The van der Waals surface area contributed by atoms with Crippen molar-refractivity contribution in [3.05, 3.63) is 35.4 Å². The van der Waals surface area contributed by atoms with Crippen molar-refractivity contribution < 1.29 is 14.3 Å². The van der Waals surface area contributed by atoms with Crippen LogP contribution in [0, 0.1) is 12.3 Å². The molecule has 1 unspecified atom stereocenters. The van der Waals surface area contributed by atoms with Crippen LogP contribution in [0.3, 0.4) is 0 Å². The number of carbonyl (C=O) groups excluding carboxylic acids is 2. The number of nitrogens with one attached hydrogen (secondary N) is 2. The van der Waals surface area contributed by atoms with Crippen molar-refractivity contribution in [2.75, 3.05) is 26.8 Å². The number of hydrogen-bond acceptors (Lipinski definition) is 3. The molecule has 142 valence electrons. The van der Waals surface area contributed by atoms with E-state index in [9.17, 15) is 9.59 Å². The molecular weight excluding hydrogens is 330 g/mol. The lowest BCUT2D eigenvalue weighted by atomic mass is 9.59. The third-order valence-corrected chi connectivity index (χ3v) is 5.89. The van der Waals surface area contributed by atoms with E-state index in [1.54, 1.807) is 0 Å². The summed E-state index contributed by atoms with van der Waals surface area (Å²) in [6.45, 7) is 4.21. The molecule has 1 aromatic carbocycles. The standard InChI is InChI=1S/C20H29N3O3/c1-15-3-5-16(6-4-15)13-21-19(25)23-11-9-20(10-12-23)8-7-17(20)22-18(24)14-26-2/h3-6,17H,7-14H2,1-2H3,(H,21,25)(H,22,24). The smallest absolute Gasteiger partial charge is 0.317 e. The van der Waals surface area contributed by atoms with Crippen molar-refractivity contribution in [1.29, 1.82) is 0 Å². The highest BCUT2D eigenvalue weighted by Crippen LogP contribution is 2.49. The number of aryl methyl sites for hydroxylation is 1. The van der Waals surface area contributed by atoms with E-state index < -0.39 is 0 Å². The minimum Gasteiger partial charge on any atom is -0.375 e. The SMILES string of the molecule is COCC(=O)NC1CCC12CCN(C(=O)NCc1ccc(C)cc1)CC2. The Hall–Kier alpha value is -2.08. The first-order chi connectivity index (χ1) is 12.5. The topological polar surface area (TPSA) is 70.7 Å². The van der Waals surface area contributed by atoms with Crippen LogP contribution in [0.5, 0.6) is 0 Å². The Kier molecular flexibility index (Phi) is 5.81. The van der Waals surface area contributed by atoms with Crippen LogP contribution in [0.15, 0.2) is 24.3 Å². The monoisotopic (exact) mass is 359 g/mol. The number of benzene rings is 1. The van der Waals surface area contributed by atoms with Crippen LogP contribution < -0.4 is 10.6 Å². The van der Waals surface area contributed by atoms with Crippen molar-refractivity contribution in [1.82, 2.24) is 15.5 Å². The molecule has 6 nitrogen and oxygen atoms in total. The molecule has 1 saturated heterocycles. The fraction of sp³-hybridized carbons (Fsp3) is 0.600. The highest BCUT2D eigenvalue weighted by Gasteiger charge is 2.49. The highest BCUT2D eigenvalue weighted by atomic mass is 16.5. The van der Waals surface area contributed by atoms with Crippen molar-refractivity contribution >= 4 is 11.9 Å². The van der Waals surface area contributed by atoms with Crippen molar-refractivity contribution in [2.45, 2.75) is 45.2 Å². The lowest BCUT2D eigenvalue weighted by Crippen LogP contribution is -2.60. The molecule has 0 radical (unpaired) electrons. The van der Waals surface area contributed by atoms with Gasteiger partial charge in [0.15, 0.2) is 0 Å². The van der Waals surface area contributed by atoms with Gasteiger partial charge in [0.1, 0.15) is 6.61 Å². The largest absolute Gasteiger partial charge is 0.375 e. The van der Waals surface area contributed by atoms with E-state index >= 15 is 0 Å². The third kappa shape index (κ3) is 4.18. The predicted molar refractivity (Wildman–Crippen MR) is 99.7 cm³/mol. The van der Waals surface area contributed by atoms with E-state index in [1.807, 2.05) is 17.0 Å². The van der Waals surface area contributed by atoms with Crippen LogP contribution in [-0.2, 0) is 16.1 Å². The van der Waals surface area contributed by atoms with Crippen molar-refractivity contribution in [3.63, 3.8) is 0 Å². The first-order valence-electron chi connectivity index (χ1n) is 9.39. The van der Waals surface area contributed by atoms with Crippen LogP contribution in [0.2, 0.25) is 0 Å². The number of amides is 3. The maximum Gasteiger partial charge on any atom is 0.317 e. The number of nitrogens with zero attached hydrogens (tertiary/aromatic N) is 1. The van der Waals surface area contributed by atoms with E-state index in [-0.39, 0.29) is 30.0 Å². The number of piperidine rings is 1. The molecule has 2 fully saturated rings. The van der Waals surface area contributed by atoms with Gasteiger partial charge in [-0.25, -0.2) is 4.79 Å². The minimum absolute atomic E-state index is 0.000262. The minimum atomic E-state index is -0.0464. The van der Waals surface area contributed by atoms with Gasteiger partial charge in [0, 0.05) is 32.8 Å². The van der Waals surface area contributed by atoms with Crippen LogP contribution in [0.1, 0.15) is 36.8 Å². The fourth-order valence-corrected chi connectivity index (χ4v) is 4.04. The summed E-state index contributed by atoms with van der Waals surface area (Å²) in [6.07, 6.45) is 4.05. The molecule has 3 amide bonds. The summed E-state index contributed by atoms with van der Waals surface area (Å²) < 4.78 is 4.89. The lowest BCUT2D eigenvalue weighted by molar-refractivity contribution is -0.129. The first kappa shape index (κ1) is 18.7. The molecule has 0 bridgehead atoms. The number of carbonyl (C=O) groups is 2. The zero-order valence-corrected chi connectivity index (χ0v) is 15.7. The van der Waals surface area contributed by atoms with Crippen LogP contribution in [0.25, 0.3) is 0 Å². The second kappa shape index (κ2) is 8.08.